The molecule has 4 heteroatoms. The van der Waals surface area contributed by atoms with E-state index in [4.69, 9.17) is 9.47 Å². The van der Waals surface area contributed by atoms with Crippen LogP contribution in [0.5, 0.6) is 5.75 Å². The van der Waals surface area contributed by atoms with E-state index in [2.05, 4.69) is 0 Å². The Kier molecular flexibility index (Phi) is 4.43. The molecule has 1 aliphatic rings. The Hall–Kier alpha value is -1.55. The standard InChI is InChI=1S/C15H21NO3/c1-11(2)15(17)16-8-9-19-14(10-16)12-4-6-13(18-3)7-5-12/h4-7,11,14H,8-10H2,1-3H3. The maximum atomic E-state index is 12.0. The van der Waals surface area contributed by atoms with E-state index in [1.54, 1.807) is 7.11 Å². The molecule has 1 heterocycles. The molecular formula is C15H21NO3. The SMILES string of the molecule is COc1ccc(C2CN(C(=O)C(C)C)CCO2)cc1. The van der Waals surface area contributed by atoms with Crippen molar-refractivity contribution in [2.45, 2.75) is 20.0 Å². The van der Waals surface area contributed by atoms with Crippen molar-refractivity contribution in [3.63, 3.8) is 0 Å². The van der Waals surface area contributed by atoms with Crippen LogP contribution < -0.4 is 4.74 Å². The van der Waals surface area contributed by atoms with E-state index in [1.165, 1.54) is 0 Å². The Morgan fingerprint density at radius 2 is 2.05 bits per heavy atom. The lowest BCUT2D eigenvalue weighted by molar-refractivity contribution is -0.142. The fourth-order valence-corrected chi connectivity index (χ4v) is 2.23. The number of hydrogen-bond donors (Lipinski definition) is 0. The van der Waals surface area contributed by atoms with Gasteiger partial charge in [-0.1, -0.05) is 26.0 Å². The molecule has 19 heavy (non-hydrogen) atoms. The van der Waals surface area contributed by atoms with Crippen LogP contribution in [0.4, 0.5) is 0 Å². The van der Waals surface area contributed by atoms with Gasteiger partial charge in [0.1, 0.15) is 11.9 Å². The summed E-state index contributed by atoms with van der Waals surface area (Å²) in [4.78, 5) is 13.9. The largest absolute Gasteiger partial charge is 0.497 e. The Morgan fingerprint density at radius 1 is 1.37 bits per heavy atom. The normalized spacial score (nSPS) is 19.6. The number of methoxy groups -OCH3 is 1. The van der Waals surface area contributed by atoms with Crippen LogP contribution in [-0.4, -0.2) is 37.6 Å². The number of carbonyl (C=O) groups excluding carboxylic acids is 1. The molecule has 1 aromatic rings. The number of nitrogens with zero attached hydrogens (tertiary/aromatic N) is 1. The van der Waals surface area contributed by atoms with Crippen LogP contribution in [0.2, 0.25) is 0 Å². The molecule has 2 rings (SSSR count). The zero-order chi connectivity index (χ0) is 13.8. The highest BCUT2D eigenvalue weighted by Gasteiger charge is 2.26. The topological polar surface area (TPSA) is 38.8 Å². The zero-order valence-corrected chi connectivity index (χ0v) is 11.8. The minimum absolute atomic E-state index is 0.0367. The number of morpholine rings is 1. The number of hydrogen-bond acceptors (Lipinski definition) is 3. The first-order valence-corrected chi connectivity index (χ1v) is 6.66. The molecule has 0 aromatic heterocycles. The van der Waals surface area contributed by atoms with Gasteiger partial charge in [0.25, 0.3) is 0 Å². The van der Waals surface area contributed by atoms with Crippen molar-refractivity contribution in [3.8, 4) is 5.75 Å². The highest BCUT2D eigenvalue weighted by Crippen LogP contribution is 2.24. The molecule has 0 N–H and O–H groups in total. The van der Waals surface area contributed by atoms with Crippen molar-refractivity contribution >= 4 is 5.91 Å². The second-order valence-corrected chi connectivity index (χ2v) is 5.07. The molecule has 4 nitrogen and oxygen atoms in total. The first kappa shape index (κ1) is 13.9. The van der Waals surface area contributed by atoms with Gasteiger partial charge in [0.15, 0.2) is 0 Å². The molecule has 1 saturated heterocycles. The molecule has 1 amide bonds. The fraction of sp³-hybridized carbons (Fsp3) is 0.533. The predicted molar refractivity (Wildman–Crippen MR) is 73.1 cm³/mol. The van der Waals surface area contributed by atoms with Crippen LogP contribution in [0.3, 0.4) is 0 Å². The summed E-state index contributed by atoms with van der Waals surface area (Å²) in [7, 11) is 1.65. The number of benzene rings is 1. The van der Waals surface area contributed by atoms with Gasteiger partial charge in [0.2, 0.25) is 5.91 Å². The lowest BCUT2D eigenvalue weighted by Gasteiger charge is -2.34. The van der Waals surface area contributed by atoms with Crippen molar-refractivity contribution in [3.05, 3.63) is 29.8 Å². The van der Waals surface area contributed by atoms with E-state index in [1.807, 2.05) is 43.0 Å². The van der Waals surface area contributed by atoms with Crippen molar-refractivity contribution in [1.82, 2.24) is 4.90 Å². The fourth-order valence-electron chi connectivity index (χ4n) is 2.23. The molecule has 1 aromatic carbocycles. The van der Waals surface area contributed by atoms with Gasteiger partial charge in [0, 0.05) is 12.5 Å². The lowest BCUT2D eigenvalue weighted by Crippen LogP contribution is -2.44. The monoisotopic (exact) mass is 263 g/mol. The summed E-state index contributed by atoms with van der Waals surface area (Å²) in [6.45, 7) is 5.77. The van der Waals surface area contributed by atoms with Gasteiger partial charge in [-0.3, -0.25) is 4.79 Å². The van der Waals surface area contributed by atoms with Gasteiger partial charge in [-0.05, 0) is 17.7 Å². The van der Waals surface area contributed by atoms with E-state index in [9.17, 15) is 4.79 Å². The van der Waals surface area contributed by atoms with Gasteiger partial charge < -0.3 is 14.4 Å². The molecule has 0 radical (unpaired) electrons. The Bertz CT molecular complexity index is 428. The second-order valence-electron chi connectivity index (χ2n) is 5.07. The van der Waals surface area contributed by atoms with Crippen LogP contribution in [0, 0.1) is 5.92 Å². The summed E-state index contributed by atoms with van der Waals surface area (Å²) in [5.41, 5.74) is 1.09. The van der Waals surface area contributed by atoms with Crippen LogP contribution in [0.25, 0.3) is 0 Å². The first-order chi connectivity index (χ1) is 9.11. The predicted octanol–water partition coefficient (Wildman–Crippen LogP) is 2.25. The number of rotatable bonds is 3. The Labute approximate surface area is 114 Å². The van der Waals surface area contributed by atoms with Gasteiger partial charge in [-0.2, -0.15) is 0 Å². The first-order valence-electron chi connectivity index (χ1n) is 6.66. The summed E-state index contributed by atoms with van der Waals surface area (Å²) >= 11 is 0. The average molecular weight is 263 g/mol. The van der Waals surface area contributed by atoms with E-state index >= 15 is 0 Å². The van der Waals surface area contributed by atoms with Crippen LogP contribution in [-0.2, 0) is 9.53 Å². The van der Waals surface area contributed by atoms with Crippen LogP contribution in [0.15, 0.2) is 24.3 Å². The van der Waals surface area contributed by atoms with E-state index < -0.39 is 0 Å². The smallest absolute Gasteiger partial charge is 0.225 e. The number of amides is 1. The second kappa shape index (κ2) is 6.06. The molecular weight excluding hydrogens is 242 g/mol. The van der Waals surface area contributed by atoms with Crippen molar-refractivity contribution in [2.75, 3.05) is 26.8 Å². The maximum Gasteiger partial charge on any atom is 0.225 e. The quantitative estimate of drug-likeness (QED) is 0.839. The van der Waals surface area contributed by atoms with E-state index in [0.29, 0.717) is 19.7 Å². The Balaban J connectivity index is 2.05. The average Bonchev–Trinajstić information content (AvgIpc) is 2.46. The molecule has 1 atom stereocenters. The van der Waals surface area contributed by atoms with Crippen LogP contribution >= 0.6 is 0 Å². The molecule has 0 spiro atoms. The molecule has 0 saturated carbocycles. The molecule has 1 fully saturated rings. The van der Waals surface area contributed by atoms with Gasteiger partial charge in [-0.15, -0.1) is 0 Å². The van der Waals surface area contributed by atoms with Crippen molar-refractivity contribution in [1.29, 1.82) is 0 Å². The van der Waals surface area contributed by atoms with E-state index in [0.717, 1.165) is 11.3 Å². The number of carbonyl (C=O) groups is 1. The lowest BCUT2D eigenvalue weighted by atomic mass is 10.1. The molecule has 1 aliphatic heterocycles. The van der Waals surface area contributed by atoms with Gasteiger partial charge in [0.05, 0.1) is 20.3 Å². The number of ether oxygens (including phenoxy) is 2. The highest BCUT2D eigenvalue weighted by atomic mass is 16.5. The third-order valence-corrected chi connectivity index (χ3v) is 3.36. The van der Waals surface area contributed by atoms with Crippen molar-refractivity contribution in [2.24, 2.45) is 5.92 Å². The minimum atomic E-state index is -0.0395. The summed E-state index contributed by atoms with van der Waals surface area (Å²) < 4.78 is 10.9. The molecule has 0 aliphatic carbocycles. The van der Waals surface area contributed by atoms with Crippen molar-refractivity contribution < 1.29 is 14.3 Å². The van der Waals surface area contributed by atoms with Gasteiger partial charge in [-0.25, -0.2) is 0 Å². The summed E-state index contributed by atoms with van der Waals surface area (Å²) in [6, 6.07) is 7.82. The summed E-state index contributed by atoms with van der Waals surface area (Å²) in [5, 5.41) is 0. The third kappa shape index (κ3) is 3.26. The molecule has 0 bridgehead atoms. The van der Waals surface area contributed by atoms with E-state index in [-0.39, 0.29) is 17.9 Å². The van der Waals surface area contributed by atoms with Gasteiger partial charge >= 0.3 is 0 Å². The third-order valence-electron chi connectivity index (χ3n) is 3.36. The zero-order valence-electron chi connectivity index (χ0n) is 11.8. The summed E-state index contributed by atoms with van der Waals surface area (Å²) in [6.07, 6.45) is -0.0395. The molecule has 104 valence electrons. The maximum absolute atomic E-state index is 12.0. The minimum Gasteiger partial charge on any atom is -0.497 e. The van der Waals surface area contributed by atoms with Crippen LogP contribution in [0.1, 0.15) is 25.5 Å². The Morgan fingerprint density at radius 3 is 2.63 bits per heavy atom. The summed E-state index contributed by atoms with van der Waals surface area (Å²) in [5.74, 6) is 1.06. The molecule has 1 unspecified atom stereocenters. The highest BCUT2D eigenvalue weighted by molar-refractivity contribution is 5.78.